The van der Waals surface area contributed by atoms with Gasteiger partial charge in [-0.1, -0.05) is 6.92 Å². The van der Waals surface area contributed by atoms with E-state index in [4.69, 9.17) is 0 Å². The van der Waals surface area contributed by atoms with E-state index in [9.17, 15) is 13.2 Å². The molecule has 0 atom stereocenters. The number of nitrogens with zero attached hydrogens (tertiary/aromatic N) is 1. The van der Waals surface area contributed by atoms with Gasteiger partial charge in [0, 0.05) is 18.4 Å². The van der Waals surface area contributed by atoms with Crippen LogP contribution in [0, 0.1) is 5.41 Å². The SMILES string of the molecule is CC1(CNc2ccnc(C(F)(F)F)c2)CCNCC1. The van der Waals surface area contributed by atoms with Gasteiger partial charge in [0.25, 0.3) is 0 Å². The average Bonchev–Trinajstić information content (AvgIpc) is 2.37. The molecule has 0 bridgehead atoms. The second-order valence-electron chi connectivity index (χ2n) is 5.34. The summed E-state index contributed by atoms with van der Waals surface area (Å²) >= 11 is 0. The predicted molar refractivity (Wildman–Crippen MR) is 67.9 cm³/mol. The molecule has 3 nitrogen and oxygen atoms in total. The quantitative estimate of drug-likeness (QED) is 0.889. The minimum atomic E-state index is -4.39. The summed E-state index contributed by atoms with van der Waals surface area (Å²) in [4.78, 5) is 3.35. The van der Waals surface area contributed by atoms with E-state index >= 15 is 0 Å². The number of anilines is 1. The Labute approximate surface area is 110 Å². The second-order valence-corrected chi connectivity index (χ2v) is 5.34. The molecule has 0 amide bonds. The second kappa shape index (κ2) is 5.36. The number of piperidine rings is 1. The van der Waals surface area contributed by atoms with Gasteiger partial charge in [0.2, 0.25) is 0 Å². The molecule has 106 valence electrons. The summed E-state index contributed by atoms with van der Waals surface area (Å²) in [5.41, 5.74) is -0.248. The van der Waals surface area contributed by atoms with Gasteiger partial charge in [-0.2, -0.15) is 13.2 Å². The lowest BCUT2D eigenvalue weighted by Crippen LogP contribution is -2.39. The topological polar surface area (TPSA) is 37.0 Å². The number of pyridine rings is 1. The van der Waals surface area contributed by atoms with Crippen LogP contribution in [0.15, 0.2) is 18.3 Å². The summed E-state index contributed by atoms with van der Waals surface area (Å²) in [5, 5.41) is 6.38. The van der Waals surface area contributed by atoms with Crippen LogP contribution in [0.5, 0.6) is 0 Å². The third kappa shape index (κ3) is 3.83. The first-order valence-corrected chi connectivity index (χ1v) is 6.37. The molecule has 0 saturated carbocycles. The number of hydrogen-bond donors (Lipinski definition) is 2. The molecule has 1 aliphatic heterocycles. The number of aromatic nitrogens is 1. The Morgan fingerprint density at radius 1 is 1.37 bits per heavy atom. The lowest BCUT2D eigenvalue weighted by Gasteiger charge is -2.34. The first-order valence-electron chi connectivity index (χ1n) is 6.37. The molecule has 19 heavy (non-hydrogen) atoms. The standard InChI is InChI=1S/C13H18F3N3/c1-12(3-6-17-7-4-12)9-19-10-2-5-18-11(8-10)13(14,15)16/h2,5,8,17H,3-4,6-7,9H2,1H3,(H,18,19). The van der Waals surface area contributed by atoms with Crippen LogP contribution in [0.3, 0.4) is 0 Å². The van der Waals surface area contributed by atoms with Crippen molar-refractivity contribution in [3.8, 4) is 0 Å². The zero-order valence-electron chi connectivity index (χ0n) is 10.8. The highest BCUT2D eigenvalue weighted by Gasteiger charge is 2.32. The molecule has 0 unspecified atom stereocenters. The summed E-state index contributed by atoms with van der Waals surface area (Å²) < 4.78 is 37.6. The van der Waals surface area contributed by atoms with Crippen molar-refractivity contribution in [1.29, 1.82) is 0 Å². The minimum absolute atomic E-state index is 0.132. The van der Waals surface area contributed by atoms with Gasteiger partial charge in [0.05, 0.1) is 0 Å². The van der Waals surface area contributed by atoms with Crippen molar-refractivity contribution in [2.24, 2.45) is 5.41 Å². The van der Waals surface area contributed by atoms with E-state index in [1.165, 1.54) is 6.20 Å². The zero-order valence-corrected chi connectivity index (χ0v) is 10.8. The van der Waals surface area contributed by atoms with Crippen LogP contribution in [0.4, 0.5) is 18.9 Å². The lowest BCUT2D eigenvalue weighted by molar-refractivity contribution is -0.141. The van der Waals surface area contributed by atoms with E-state index < -0.39 is 11.9 Å². The molecule has 0 spiro atoms. The molecular weight excluding hydrogens is 255 g/mol. The normalized spacial score (nSPS) is 19.2. The van der Waals surface area contributed by atoms with Crippen molar-refractivity contribution in [2.75, 3.05) is 25.0 Å². The number of nitrogens with one attached hydrogen (secondary N) is 2. The Bertz CT molecular complexity index is 425. The van der Waals surface area contributed by atoms with Crippen molar-refractivity contribution < 1.29 is 13.2 Å². The maximum Gasteiger partial charge on any atom is 0.433 e. The third-order valence-electron chi connectivity index (χ3n) is 3.58. The molecule has 1 aliphatic rings. The van der Waals surface area contributed by atoms with Crippen LogP contribution in [0.25, 0.3) is 0 Å². The van der Waals surface area contributed by atoms with Gasteiger partial charge in [-0.3, -0.25) is 4.98 Å². The number of hydrogen-bond acceptors (Lipinski definition) is 3. The van der Waals surface area contributed by atoms with Crippen LogP contribution in [-0.2, 0) is 6.18 Å². The van der Waals surface area contributed by atoms with Crippen molar-refractivity contribution in [3.63, 3.8) is 0 Å². The van der Waals surface area contributed by atoms with Crippen LogP contribution in [-0.4, -0.2) is 24.6 Å². The first kappa shape index (κ1) is 14.1. The number of rotatable bonds is 3. The van der Waals surface area contributed by atoms with Gasteiger partial charge >= 0.3 is 6.18 Å². The molecular formula is C13H18F3N3. The molecule has 1 aromatic heterocycles. The Hall–Kier alpha value is -1.30. The summed E-state index contributed by atoms with van der Waals surface area (Å²) in [6.07, 6.45) is -1.15. The van der Waals surface area contributed by atoms with Gasteiger partial charge in [-0.15, -0.1) is 0 Å². The Morgan fingerprint density at radius 3 is 2.68 bits per heavy atom. The van der Waals surface area contributed by atoms with Gasteiger partial charge in [-0.25, -0.2) is 0 Å². The third-order valence-corrected chi connectivity index (χ3v) is 3.58. The number of alkyl halides is 3. The summed E-state index contributed by atoms with van der Waals surface area (Å²) in [5.74, 6) is 0. The van der Waals surface area contributed by atoms with Gasteiger partial charge in [0.1, 0.15) is 5.69 Å². The van der Waals surface area contributed by atoms with Crippen molar-refractivity contribution in [1.82, 2.24) is 10.3 Å². The predicted octanol–water partition coefficient (Wildman–Crippen LogP) is 2.90. The Morgan fingerprint density at radius 2 is 2.05 bits per heavy atom. The fourth-order valence-electron chi connectivity index (χ4n) is 2.22. The van der Waals surface area contributed by atoms with Crippen LogP contribution in [0.1, 0.15) is 25.5 Å². The van der Waals surface area contributed by atoms with Gasteiger partial charge < -0.3 is 10.6 Å². The van der Waals surface area contributed by atoms with Gasteiger partial charge in [0.15, 0.2) is 0 Å². The average molecular weight is 273 g/mol. The highest BCUT2D eigenvalue weighted by Crippen LogP contribution is 2.31. The minimum Gasteiger partial charge on any atom is -0.384 e. The molecule has 0 aromatic carbocycles. The molecule has 2 rings (SSSR count). The molecule has 1 saturated heterocycles. The van der Waals surface area contributed by atoms with E-state index in [0.29, 0.717) is 12.2 Å². The number of halogens is 3. The Kier molecular flexibility index (Phi) is 3.99. The van der Waals surface area contributed by atoms with E-state index in [1.54, 1.807) is 6.07 Å². The maximum atomic E-state index is 12.5. The Balaban J connectivity index is 1.99. The molecule has 2 heterocycles. The van der Waals surface area contributed by atoms with E-state index in [1.807, 2.05) is 0 Å². The van der Waals surface area contributed by atoms with Gasteiger partial charge in [-0.05, 0) is 43.5 Å². The summed E-state index contributed by atoms with van der Waals surface area (Å²) in [7, 11) is 0. The van der Waals surface area contributed by atoms with Crippen LogP contribution in [0.2, 0.25) is 0 Å². The van der Waals surface area contributed by atoms with E-state index in [-0.39, 0.29) is 5.41 Å². The fraction of sp³-hybridized carbons (Fsp3) is 0.615. The van der Waals surface area contributed by atoms with E-state index in [0.717, 1.165) is 32.0 Å². The largest absolute Gasteiger partial charge is 0.433 e. The first-order chi connectivity index (χ1) is 8.89. The van der Waals surface area contributed by atoms with Crippen molar-refractivity contribution in [2.45, 2.75) is 25.9 Å². The zero-order chi connectivity index (χ0) is 13.9. The van der Waals surface area contributed by atoms with E-state index in [2.05, 4.69) is 22.5 Å². The summed E-state index contributed by atoms with van der Waals surface area (Å²) in [6, 6.07) is 2.63. The highest BCUT2D eigenvalue weighted by atomic mass is 19.4. The van der Waals surface area contributed by atoms with Crippen molar-refractivity contribution >= 4 is 5.69 Å². The molecule has 0 radical (unpaired) electrons. The van der Waals surface area contributed by atoms with Crippen molar-refractivity contribution in [3.05, 3.63) is 24.0 Å². The molecule has 2 N–H and O–H groups in total. The molecule has 1 aromatic rings. The van der Waals surface area contributed by atoms with Crippen LogP contribution >= 0.6 is 0 Å². The van der Waals surface area contributed by atoms with Crippen LogP contribution < -0.4 is 10.6 Å². The molecule has 6 heteroatoms. The smallest absolute Gasteiger partial charge is 0.384 e. The highest BCUT2D eigenvalue weighted by molar-refractivity contribution is 5.44. The fourth-order valence-corrected chi connectivity index (χ4v) is 2.22. The monoisotopic (exact) mass is 273 g/mol. The molecule has 1 fully saturated rings. The summed E-state index contributed by atoms with van der Waals surface area (Å²) in [6.45, 7) is 4.76. The maximum absolute atomic E-state index is 12.5. The lowest BCUT2D eigenvalue weighted by atomic mass is 9.81. The molecule has 0 aliphatic carbocycles.